The number of hydrogen-bond donors (Lipinski definition) is 1. The number of fused-ring (bicyclic) bond motifs is 1. The lowest BCUT2D eigenvalue weighted by atomic mass is 10.1. The van der Waals surface area contributed by atoms with E-state index in [0.717, 1.165) is 11.3 Å². The van der Waals surface area contributed by atoms with Crippen LogP contribution in [0.15, 0.2) is 71.0 Å². The number of allylic oxidation sites excluding steroid dienone is 2. The van der Waals surface area contributed by atoms with Gasteiger partial charge in [0.15, 0.2) is 5.84 Å². The highest BCUT2D eigenvalue weighted by atomic mass is 32.2. The van der Waals surface area contributed by atoms with E-state index in [0.29, 0.717) is 19.5 Å². The Morgan fingerprint density at radius 1 is 1.21 bits per heavy atom. The van der Waals surface area contributed by atoms with Gasteiger partial charge in [0.05, 0.1) is 17.0 Å². The minimum atomic E-state index is -3.52. The molecular weight excluding hydrogens is 378 g/mol. The van der Waals surface area contributed by atoms with Crippen molar-refractivity contribution in [2.24, 2.45) is 4.40 Å². The fourth-order valence-corrected chi connectivity index (χ4v) is 4.03. The average molecular weight is 397 g/mol. The highest BCUT2D eigenvalue weighted by molar-refractivity contribution is 7.90. The lowest BCUT2D eigenvalue weighted by Gasteiger charge is -2.28. The minimum absolute atomic E-state index is 0.0513. The number of benzene rings is 1. The Balaban J connectivity index is 1.37. The molecule has 28 heavy (non-hydrogen) atoms. The SMILES string of the molecule is O=C(NCCc1ccc(-n2cccn2)cc1)C1=CC=CN2CCS(=O)(=O)N=C12. The second-order valence-electron chi connectivity index (χ2n) is 6.44. The van der Waals surface area contributed by atoms with Crippen LogP contribution < -0.4 is 5.32 Å². The monoisotopic (exact) mass is 397 g/mol. The van der Waals surface area contributed by atoms with Gasteiger partial charge in [-0.2, -0.15) is 5.10 Å². The number of sulfonamides is 1. The molecule has 0 unspecified atom stereocenters. The van der Waals surface area contributed by atoms with E-state index in [2.05, 4.69) is 14.8 Å². The van der Waals surface area contributed by atoms with Crippen molar-refractivity contribution in [2.45, 2.75) is 6.42 Å². The second-order valence-corrected chi connectivity index (χ2v) is 8.19. The molecule has 0 radical (unpaired) electrons. The summed E-state index contributed by atoms with van der Waals surface area (Å²) in [6.07, 6.45) is 9.29. The standard InChI is InChI=1S/C19H19N5O3S/c25-19(17-3-1-11-23-13-14-28(26,27)22-18(17)23)20-10-8-15-4-6-16(7-5-15)24-12-2-9-21-24/h1-7,9,11-12H,8,10,13-14H2,(H,20,25). The van der Waals surface area contributed by atoms with E-state index in [1.54, 1.807) is 34.1 Å². The largest absolute Gasteiger partial charge is 0.352 e. The summed E-state index contributed by atoms with van der Waals surface area (Å²) in [6, 6.07) is 9.79. The molecule has 2 aliphatic heterocycles. The number of carbonyl (C=O) groups excluding carboxylic acids is 1. The van der Waals surface area contributed by atoms with Gasteiger partial charge in [0.2, 0.25) is 0 Å². The summed E-state index contributed by atoms with van der Waals surface area (Å²) in [5.74, 6) is -0.197. The predicted octanol–water partition coefficient (Wildman–Crippen LogP) is 1.03. The van der Waals surface area contributed by atoms with Crippen LogP contribution in [0.3, 0.4) is 0 Å². The molecule has 4 rings (SSSR count). The zero-order chi connectivity index (χ0) is 19.6. The van der Waals surface area contributed by atoms with Gasteiger partial charge in [-0.05, 0) is 42.3 Å². The van der Waals surface area contributed by atoms with Crippen molar-refractivity contribution in [3.63, 3.8) is 0 Å². The zero-order valence-electron chi connectivity index (χ0n) is 15.0. The van der Waals surface area contributed by atoms with Gasteiger partial charge in [-0.25, -0.2) is 13.1 Å². The fourth-order valence-electron chi connectivity index (χ4n) is 3.05. The summed E-state index contributed by atoms with van der Waals surface area (Å²) in [4.78, 5) is 14.2. The van der Waals surface area contributed by atoms with Crippen molar-refractivity contribution in [1.29, 1.82) is 0 Å². The maximum Gasteiger partial charge on any atom is 0.256 e. The van der Waals surface area contributed by atoms with Crippen molar-refractivity contribution >= 4 is 21.8 Å². The molecule has 1 aromatic carbocycles. The van der Waals surface area contributed by atoms with Crippen molar-refractivity contribution in [3.8, 4) is 5.69 Å². The molecule has 0 aliphatic carbocycles. The maximum atomic E-state index is 12.5. The molecule has 1 N–H and O–H groups in total. The third-order valence-corrected chi connectivity index (χ3v) is 5.66. The minimum Gasteiger partial charge on any atom is -0.352 e. The van der Waals surface area contributed by atoms with Gasteiger partial charge in [-0.3, -0.25) is 4.79 Å². The molecule has 3 heterocycles. The van der Waals surface area contributed by atoms with Crippen LogP contribution in [0.5, 0.6) is 0 Å². The lowest BCUT2D eigenvalue weighted by Crippen LogP contribution is -2.42. The fraction of sp³-hybridized carbons (Fsp3) is 0.211. The molecule has 2 aliphatic rings. The highest BCUT2D eigenvalue weighted by Gasteiger charge is 2.29. The highest BCUT2D eigenvalue weighted by Crippen LogP contribution is 2.17. The van der Waals surface area contributed by atoms with E-state index in [1.807, 2.05) is 36.5 Å². The number of hydrogen-bond acceptors (Lipinski definition) is 5. The van der Waals surface area contributed by atoms with Crippen LogP contribution in [0, 0.1) is 0 Å². The van der Waals surface area contributed by atoms with Crippen LogP contribution in [0.25, 0.3) is 5.69 Å². The number of nitrogens with one attached hydrogen (secondary N) is 1. The molecule has 0 bridgehead atoms. The third-order valence-electron chi connectivity index (χ3n) is 4.51. The van der Waals surface area contributed by atoms with E-state index in [9.17, 15) is 13.2 Å². The number of amidine groups is 1. The van der Waals surface area contributed by atoms with Crippen molar-refractivity contribution in [1.82, 2.24) is 20.0 Å². The number of nitrogens with zero attached hydrogens (tertiary/aromatic N) is 4. The third kappa shape index (κ3) is 3.89. The van der Waals surface area contributed by atoms with Gasteiger partial charge >= 0.3 is 0 Å². The first-order valence-corrected chi connectivity index (χ1v) is 10.5. The zero-order valence-corrected chi connectivity index (χ0v) is 15.8. The Morgan fingerprint density at radius 2 is 2.04 bits per heavy atom. The summed E-state index contributed by atoms with van der Waals surface area (Å²) in [7, 11) is -3.52. The van der Waals surface area contributed by atoms with Crippen LogP contribution in [0.1, 0.15) is 5.56 Å². The number of aromatic nitrogens is 2. The van der Waals surface area contributed by atoms with Crippen molar-refractivity contribution in [2.75, 3.05) is 18.8 Å². The normalized spacial score (nSPS) is 17.5. The quantitative estimate of drug-likeness (QED) is 0.813. The first-order chi connectivity index (χ1) is 13.5. The van der Waals surface area contributed by atoms with E-state index in [4.69, 9.17) is 0 Å². The Bertz CT molecular complexity index is 1070. The predicted molar refractivity (Wildman–Crippen MR) is 105 cm³/mol. The lowest BCUT2D eigenvalue weighted by molar-refractivity contribution is -0.117. The molecule has 9 heteroatoms. The number of carbonyl (C=O) groups is 1. The smallest absolute Gasteiger partial charge is 0.256 e. The number of rotatable bonds is 5. The molecule has 0 saturated carbocycles. The van der Waals surface area contributed by atoms with Gasteiger partial charge in [-0.1, -0.05) is 12.1 Å². The molecule has 0 atom stereocenters. The second kappa shape index (κ2) is 7.43. The van der Waals surface area contributed by atoms with Crippen molar-refractivity contribution < 1.29 is 13.2 Å². The average Bonchev–Trinajstić information content (AvgIpc) is 3.22. The Morgan fingerprint density at radius 3 is 2.79 bits per heavy atom. The molecule has 0 fully saturated rings. The molecule has 1 amide bonds. The molecular formula is C19H19N5O3S. The van der Waals surface area contributed by atoms with Gasteiger partial charge in [0.1, 0.15) is 0 Å². The molecule has 8 nitrogen and oxygen atoms in total. The van der Waals surface area contributed by atoms with Crippen LogP contribution in [0.4, 0.5) is 0 Å². The number of amides is 1. The van der Waals surface area contributed by atoms with Gasteiger partial charge in [0.25, 0.3) is 15.9 Å². The summed E-state index contributed by atoms with van der Waals surface area (Å²) in [6.45, 7) is 0.728. The van der Waals surface area contributed by atoms with Crippen LogP contribution in [-0.2, 0) is 21.2 Å². The van der Waals surface area contributed by atoms with E-state index in [1.165, 1.54) is 0 Å². The Labute approximate surface area is 162 Å². The molecule has 2 aromatic rings. The van der Waals surface area contributed by atoms with Crippen LogP contribution >= 0.6 is 0 Å². The maximum absolute atomic E-state index is 12.5. The van der Waals surface area contributed by atoms with Crippen molar-refractivity contribution in [3.05, 3.63) is 72.2 Å². The van der Waals surface area contributed by atoms with Crippen LogP contribution in [-0.4, -0.2) is 53.7 Å². The summed E-state index contributed by atoms with van der Waals surface area (Å²) in [5, 5.41) is 7.03. The molecule has 144 valence electrons. The van der Waals surface area contributed by atoms with Gasteiger partial charge in [0, 0.05) is 31.7 Å². The van der Waals surface area contributed by atoms with E-state index in [-0.39, 0.29) is 23.1 Å². The van der Waals surface area contributed by atoms with E-state index < -0.39 is 10.0 Å². The van der Waals surface area contributed by atoms with Gasteiger partial charge < -0.3 is 10.2 Å². The summed E-state index contributed by atoms with van der Waals surface area (Å²) < 4.78 is 29.1. The molecule has 0 saturated heterocycles. The van der Waals surface area contributed by atoms with E-state index >= 15 is 0 Å². The van der Waals surface area contributed by atoms with Gasteiger partial charge in [-0.15, -0.1) is 4.40 Å². The van der Waals surface area contributed by atoms with Crippen LogP contribution in [0.2, 0.25) is 0 Å². The molecule has 1 aromatic heterocycles. The summed E-state index contributed by atoms with van der Waals surface area (Å²) >= 11 is 0. The molecule has 0 spiro atoms. The first-order valence-electron chi connectivity index (χ1n) is 8.87. The Kier molecular flexibility index (Phi) is 4.82. The topological polar surface area (TPSA) is 96.7 Å². The Hall–Kier alpha value is -3.20. The first kappa shape index (κ1) is 18.2. The summed E-state index contributed by atoms with van der Waals surface area (Å²) in [5.41, 5.74) is 2.31.